The van der Waals surface area contributed by atoms with Crippen LogP contribution in [0.15, 0.2) is 54.6 Å². The summed E-state index contributed by atoms with van der Waals surface area (Å²) in [6.07, 6.45) is 3.80. The molecule has 5 rings (SSSR count). The van der Waals surface area contributed by atoms with Gasteiger partial charge in [-0.25, -0.2) is 4.98 Å². The highest BCUT2D eigenvalue weighted by atomic mass is 35.5. The number of rotatable bonds is 4. The first-order valence-corrected chi connectivity index (χ1v) is 11.1. The Morgan fingerprint density at radius 2 is 1.76 bits per heavy atom. The summed E-state index contributed by atoms with van der Waals surface area (Å²) in [5.41, 5.74) is 4.14. The van der Waals surface area contributed by atoms with Crippen molar-refractivity contribution in [2.45, 2.75) is 0 Å². The number of aromatic nitrogens is 3. The summed E-state index contributed by atoms with van der Waals surface area (Å²) in [5.74, 6) is 0.125. The summed E-state index contributed by atoms with van der Waals surface area (Å²) in [7, 11) is 0. The molecule has 1 fully saturated rings. The molecule has 7 nitrogen and oxygen atoms in total. The number of hydrogen-bond acceptors (Lipinski definition) is 5. The lowest BCUT2D eigenvalue weighted by Crippen LogP contribution is -2.46. The zero-order valence-corrected chi connectivity index (χ0v) is 18.5. The third-order valence-electron chi connectivity index (χ3n) is 5.66. The van der Waals surface area contributed by atoms with Gasteiger partial charge in [0.2, 0.25) is 0 Å². The summed E-state index contributed by atoms with van der Waals surface area (Å²) < 4.78 is 0. The summed E-state index contributed by atoms with van der Waals surface area (Å²) in [6.45, 7) is 2.81. The van der Waals surface area contributed by atoms with E-state index < -0.39 is 0 Å². The first-order valence-electron chi connectivity index (χ1n) is 10.7. The molecule has 0 radical (unpaired) electrons. The molecule has 0 unspecified atom stereocenters. The number of nitrogens with zero attached hydrogens (tertiary/aromatic N) is 3. The van der Waals surface area contributed by atoms with Gasteiger partial charge in [-0.2, -0.15) is 5.10 Å². The van der Waals surface area contributed by atoms with Crippen LogP contribution in [-0.4, -0.2) is 57.3 Å². The van der Waals surface area contributed by atoms with Crippen molar-refractivity contribution in [1.29, 1.82) is 0 Å². The Balaban J connectivity index is 1.61. The Kier molecular flexibility index (Phi) is 5.81. The smallest absolute Gasteiger partial charge is 0.254 e. The number of nitrogens with one attached hydrogen (secondary N) is 2. The van der Waals surface area contributed by atoms with E-state index in [1.807, 2.05) is 47.4 Å². The fourth-order valence-electron chi connectivity index (χ4n) is 3.91. The molecule has 0 aliphatic carbocycles. The topological polar surface area (TPSA) is 94.1 Å². The van der Waals surface area contributed by atoms with Gasteiger partial charge in [0.05, 0.1) is 22.3 Å². The summed E-state index contributed by atoms with van der Waals surface area (Å²) in [5, 5.41) is 21.7. The molecule has 1 aliphatic rings. The number of phenolic OH excluding ortho intramolecular Hbond substituents is 1. The highest BCUT2D eigenvalue weighted by Gasteiger charge is 2.24. The van der Waals surface area contributed by atoms with E-state index in [4.69, 9.17) is 16.6 Å². The Labute approximate surface area is 195 Å². The van der Waals surface area contributed by atoms with Crippen LogP contribution in [0.5, 0.6) is 5.75 Å². The number of phenols is 1. The van der Waals surface area contributed by atoms with Gasteiger partial charge in [-0.1, -0.05) is 29.8 Å². The minimum Gasteiger partial charge on any atom is -0.508 e. The predicted octanol–water partition coefficient (Wildman–Crippen LogP) is 4.20. The quantitative estimate of drug-likeness (QED) is 0.425. The van der Waals surface area contributed by atoms with Crippen LogP contribution < -0.4 is 5.32 Å². The number of benzene rings is 2. The van der Waals surface area contributed by atoms with Gasteiger partial charge in [-0.05, 0) is 54.1 Å². The lowest BCUT2D eigenvalue weighted by atomic mass is 10.0. The Morgan fingerprint density at radius 3 is 2.48 bits per heavy atom. The van der Waals surface area contributed by atoms with E-state index in [1.54, 1.807) is 24.3 Å². The number of carbonyl (C=O) groups excluding carboxylic acids is 1. The number of amides is 1. The van der Waals surface area contributed by atoms with Crippen molar-refractivity contribution in [1.82, 2.24) is 25.4 Å². The van der Waals surface area contributed by atoms with Gasteiger partial charge in [-0.3, -0.25) is 9.89 Å². The normalized spacial score (nSPS) is 14.3. The molecule has 33 heavy (non-hydrogen) atoms. The van der Waals surface area contributed by atoms with Gasteiger partial charge in [0.25, 0.3) is 5.91 Å². The van der Waals surface area contributed by atoms with E-state index in [9.17, 15) is 9.90 Å². The second-order valence-corrected chi connectivity index (χ2v) is 8.30. The van der Waals surface area contributed by atoms with E-state index in [1.165, 1.54) is 0 Å². The number of carbonyl (C=O) groups is 1. The molecule has 1 amide bonds. The van der Waals surface area contributed by atoms with Gasteiger partial charge >= 0.3 is 0 Å². The summed E-state index contributed by atoms with van der Waals surface area (Å²) in [6, 6.07) is 16.1. The minimum absolute atomic E-state index is 0.0496. The van der Waals surface area contributed by atoms with Gasteiger partial charge in [0.15, 0.2) is 5.65 Å². The molecule has 2 aromatic carbocycles. The SMILES string of the molecule is O=C(c1cc(-c2ccc(O)cc2)nc2[nH]nc(/C=C/c3ccc(Cl)cc3)c12)N1CCNCC1. The molecule has 0 atom stereocenters. The number of aromatic hydroxyl groups is 1. The Morgan fingerprint density at radius 1 is 1.03 bits per heavy atom. The molecule has 3 heterocycles. The maximum atomic E-state index is 13.6. The molecule has 166 valence electrons. The van der Waals surface area contributed by atoms with E-state index in [-0.39, 0.29) is 11.7 Å². The maximum absolute atomic E-state index is 13.6. The third kappa shape index (κ3) is 4.46. The zero-order valence-electron chi connectivity index (χ0n) is 17.8. The van der Waals surface area contributed by atoms with Crippen molar-refractivity contribution in [2.75, 3.05) is 26.2 Å². The van der Waals surface area contributed by atoms with Crippen molar-refractivity contribution in [3.63, 3.8) is 0 Å². The molecular weight excluding hydrogens is 438 g/mol. The molecule has 0 spiro atoms. The summed E-state index contributed by atoms with van der Waals surface area (Å²) in [4.78, 5) is 20.1. The fraction of sp³-hybridized carbons (Fsp3) is 0.160. The molecule has 2 aromatic heterocycles. The minimum atomic E-state index is -0.0496. The predicted molar refractivity (Wildman–Crippen MR) is 130 cm³/mol. The number of aromatic amines is 1. The Hall–Kier alpha value is -3.68. The van der Waals surface area contributed by atoms with Crippen LogP contribution in [0, 0.1) is 0 Å². The molecule has 1 aliphatic heterocycles. The molecule has 1 saturated heterocycles. The standard InChI is InChI=1S/C25H22ClN5O2/c26-18-6-1-16(2-7-18)3-10-21-23-20(25(33)31-13-11-27-12-14-31)15-22(28-24(23)30-29-21)17-4-8-19(32)9-5-17/h1-10,15,27,32H,11-14H2,(H,28,29,30)/b10-3+. The van der Waals surface area contributed by atoms with Crippen molar-refractivity contribution in [3.8, 4) is 17.0 Å². The van der Waals surface area contributed by atoms with Crippen molar-refractivity contribution in [2.24, 2.45) is 0 Å². The number of H-pyrrole nitrogens is 1. The van der Waals surface area contributed by atoms with Gasteiger partial charge in [0.1, 0.15) is 5.75 Å². The number of pyridine rings is 1. The Bertz CT molecular complexity index is 1320. The van der Waals surface area contributed by atoms with Gasteiger partial charge in [-0.15, -0.1) is 0 Å². The first-order chi connectivity index (χ1) is 16.1. The monoisotopic (exact) mass is 459 g/mol. The molecule has 0 bridgehead atoms. The third-order valence-corrected chi connectivity index (χ3v) is 5.91. The van der Waals surface area contributed by atoms with Crippen LogP contribution >= 0.6 is 11.6 Å². The van der Waals surface area contributed by atoms with Crippen LogP contribution in [0.4, 0.5) is 0 Å². The largest absolute Gasteiger partial charge is 0.508 e. The maximum Gasteiger partial charge on any atom is 0.254 e. The van der Waals surface area contributed by atoms with E-state index in [0.29, 0.717) is 46.1 Å². The molecule has 3 N–H and O–H groups in total. The number of hydrogen-bond donors (Lipinski definition) is 3. The van der Waals surface area contributed by atoms with Crippen LogP contribution in [0.25, 0.3) is 34.4 Å². The number of fused-ring (bicyclic) bond motifs is 1. The second-order valence-electron chi connectivity index (χ2n) is 7.86. The van der Waals surface area contributed by atoms with Crippen LogP contribution in [-0.2, 0) is 0 Å². The first kappa shape index (κ1) is 21.2. The molecule has 8 heteroatoms. The van der Waals surface area contributed by atoms with Gasteiger partial charge in [0, 0.05) is 36.8 Å². The lowest BCUT2D eigenvalue weighted by molar-refractivity contribution is 0.0737. The van der Waals surface area contributed by atoms with E-state index >= 15 is 0 Å². The van der Waals surface area contributed by atoms with E-state index in [2.05, 4.69) is 15.5 Å². The van der Waals surface area contributed by atoms with Crippen LogP contribution in [0.3, 0.4) is 0 Å². The fourth-order valence-corrected chi connectivity index (χ4v) is 4.04. The summed E-state index contributed by atoms with van der Waals surface area (Å²) >= 11 is 5.98. The average molecular weight is 460 g/mol. The average Bonchev–Trinajstić information content (AvgIpc) is 3.27. The van der Waals surface area contributed by atoms with E-state index in [0.717, 1.165) is 24.2 Å². The highest BCUT2D eigenvalue weighted by Crippen LogP contribution is 2.29. The molecule has 0 saturated carbocycles. The van der Waals surface area contributed by atoms with Crippen LogP contribution in [0.2, 0.25) is 5.02 Å². The lowest BCUT2D eigenvalue weighted by Gasteiger charge is -2.27. The van der Waals surface area contributed by atoms with Gasteiger partial charge < -0.3 is 15.3 Å². The molecular formula is C25H22ClN5O2. The highest BCUT2D eigenvalue weighted by molar-refractivity contribution is 6.30. The van der Waals surface area contributed by atoms with Crippen molar-refractivity contribution in [3.05, 3.63) is 76.4 Å². The zero-order chi connectivity index (χ0) is 22.8. The van der Waals surface area contributed by atoms with Crippen molar-refractivity contribution < 1.29 is 9.90 Å². The molecule has 4 aromatic rings. The number of piperazine rings is 1. The van der Waals surface area contributed by atoms with Crippen molar-refractivity contribution >= 4 is 40.7 Å². The number of halogens is 1. The van der Waals surface area contributed by atoms with Crippen LogP contribution in [0.1, 0.15) is 21.6 Å². The second kappa shape index (κ2) is 9.05.